The average Bonchev–Trinajstić information content (AvgIpc) is 1.86. The third-order valence-corrected chi connectivity index (χ3v) is 2.61. The van der Waals surface area contributed by atoms with Crippen molar-refractivity contribution in [2.75, 3.05) is 13.6 Å². The lowest BCUT2D eigenvalue weighted by molar-refractivity contribution is 0.189. The summed E-state index contributed by atoms with van der Waals surface area (Å²) in [5, 5.41) is 3.37. The fraction of sp³-hybridized carbons (Fsp3) is 1.00. The Morgan fingerprint density at radius 3 is 2.08 bits per heavy atom. The summed E-state index contributed by atoms with van der Waals surface area (Å²) in [5.74, 6) is 0.663. The van der Waals surface area contributed by atoms with E-state index in [2.05, 4.69) is 33.0 Å². The summed E-state index contributed by atoms with van der Waals surface area (Å²) in [6.45, 7) is 9.83. The predicted octanol–water partition coefficient (Wildman–Crippen LogP) is 1.61. The molecule has 0 spiro atoms. The van der Waals surface area contributed by atoms with Gasteiger partial charge in [0.2, 0.25) is 0 Å². The van der Waals surface area contributed by atoms with Crippen LogP contribution in [0, 0.1) is 11.3 Å². The Kier molecular flexibility index (Phi) is 4.80. The minimum absolute atomic E-state index is 0.303. The normalized spacial score (nSPS) is 15.2. The summed E-state index contributed by atoms with van der Waals surface area (Å²) in [4.78, 5) is 0. The van der Waals surface area contributed by atoms with Crippen molar-refractivity contribution in [3.05, 3.63) is 0 Å². The molecule has 3 N–H and O–H groups in total. The van der Waals surface area contributed by atoms with Crippen LogP contribution in [0.15, 0.2) is 0 Å². The molecule has 0 rings (SSSR count). The zero-order valence-electron chi connectivity index (χ0n) is 9.15. The van der Waals surface area contributed by atoms with Gasteiger partial charge in [-0.15, -0.1) is 0 Å². The minimum atomic E-state index is 0.303. The van der Waals surface area contributed by atoms with Crippen LogP contribution in [0.25, 0.3) is 0 Å². The second-order valence-electron chi connectivity index (χ2n) is 4.54. The smallest absolute Gasteiger partial charge is 0.0139 e. The van der Waals surface area contributed by atoms with E-state index in [0.29, 0.717) is 17.4 Å². The number of hydrogen-bond donors (Lipinski definition) is 2. The number of nitrogens with two attached hydrogens (primary N) is 1. The molecule has 1 unspecified atom stereocenters. The molecule has 12 heavy (non-hydrogen) atoms. The highest BCUT2D eigenvalue weighted by atomic mass is 14.9. The van der Waals surface area contributed by atoms with Crippen LogP contribution < -0.4 is 11.1 Å². The van der Waals surface area contributed by atoms with Crippen LogP contribution in [0.2, 0.25) is 0 Å². The number of hydrogen-bond acceptors (Lipinski definition) is 2. The van der Waals surface area contributed by atoms with E-state index in [9.17, 15) is 0 Å². The van der Waals surface area contributed by atoms with Crippen LogP contribution >= 0.6 is 0 Å². The van der Waals surface area contributed by atoms with Gasteiger partial charge in [-0.2, -0.15) is 0 Å². The minimum Gasteiger partial charge on any atom is -0.330 e. The van der Waals surface area contributed by atoms with Gasteiger partial charge in [-0.3, -0.25) is 0 Å². The van der Waals surface area contributed by atoms with E-state index < -0.39 is 0 Å². The first-order valence-electron chi connectivity index (χ1n) is 4.83. The molecule has 0 amide bonds. The van der Waals surface area contributed by atoms with Gasteiger partial charge in [0.1, 0.15) is 0 Å². The first-order chi connectivity index (χ1) is 5.45. The maximum atomic E-state index is 5.58. The summed E-state index contributed by atoms with van der Waals surface area (Å²) < 4.78 is 0. The summed E-state index contributed by atoms with van der Waals surface area (Å²) in [7, 11) is 2.03. The van der Waals surface area contributed by atoms with Gasteiger partial charge in [-0.1, -0.05) is 27.7 Å². The van der Waals surface area contributed by atoms with Gasteiger partial charge in [0, 0.05) is 6.04 Å². The molecule has 0 aliphatic carbocycles. The SMILES string of the molecule is CNC(C(C)C)C(C)(C)CCN. The molecule has 0 heterocycles. The molecular formula is C10H24N2. The molecule has 1 atom stereocenters. The van der Waals surface area contributed by atoms with Crippen molar-refractivity contribution in [1.82, 2.24) is 5.32 Å². The molecule has 74 valence electrons. The molecule has 0 aromatic rings. The van der Waals surface area contributed by atoms with E-state index in [1.165, 1.54) is 0 Å². The summed E-state index contributed by atoms with van der Waals surface area (Å²) >= 11 is 0. The highest BCUT2D eigenvalue weighted by Gasteiger charge is 2.29. The van der Waals surface area contributed by atoms with E-state index in [0.717, 1.165) is 13.0 Å². The Labute approximate surface area is 76.9 Å². The fourth-order valence-electron chi connectivity index (χ4n) is 2.15. The molecule has 0 aromatic heterocycles. The lowest BCUT2D eigenvalue weighted by Crippen LogP contribution is -2.44. The van der Waals surface area contributed by atoms with Crippen LogP contribution in [0.1, 0.15) is 34.1 Å². The van der Waals surface area contributed by atoms with Gasteiger partial charge >= 0.3 is 0 Å². The van der Waals surface area contributed by atoms with Gasteiger partial charge in [0.05, 0.1) is 0 Å². The second kappa shape index (κ2) is 4.83. The summed E-state index contributed by atoms with van der Waals surface area (Å²) in [6.07, 6.45) is 1.08. The second-order valence-corrected chi connectivity index (χ2v) is 4.54. The molecule has 0 saturated carbocycles. The highest BCUT2D eigenvalue weighted by Crippen LogP contribution is 2.28. The van der Waals surface area contributed by atoms with Crippen molar-refractivity contribution < 1.29 is 0 Å². The van der Waals surface area contributed by atoms with E-state index in [1.54, 1.807) is 0 Å². The lowest BCUT2D eigenvalue weighted by Gasteiger charge is -2.36. The number of rotatable bonds is 5. The molecule has 0 aromatic carbocycles. The van der Waals surface area contributed by atoms with E-state index in [1.807, 2.05) is 7.05 Å². The largest absolute Gasteiger partial charge is 0.330 e. The Morgan fingerprint density at radius 1 is 1.33 bits per heavy atom. The van der Waals surface area contributed by atoms with Gasteiger partial charge in [0.15, 0.2) is 0 Å². The van der Waals surface area contributed by atoms with Crippen molar-refractivity contribution in [2.24, 2.45) is 17.1 Å². The Morgan fingerprint density at radius 2 is 1.83 bits per heavy atom. The fourth-order valence-corrected chi connectivity index (χ4v) is 2.15. The third-order valence-electron chi connectivity index (χ3n) is 2.61. The maximum absolute atomic E-state index is 5.58. The molecule has 0 aliphatic heterocycles. The topological polar surface area (TPSA) is 38.0 Å². The maximum Gasteiger partial charge on any atom is 0.0139 e. The Bertz CT molecular complexity index is 119. The van der Waals surface area contributed by atoms with Crippen molar-refractivity contribution in [2.45, 2.75) is 40.2 Å². The quantitative estimate of drug-likeness (QED) is 0.661. The van der Waals surface area contributed by atoms with Crippen LogP contribution in [0.3, 0.4) is 0 Å². The molecule has 0 radical (unpaired) electrons. The molecular weight excluding hydrogens is 148 g/mol. The Balaban J connectivity index is 4.25. The van der Waals surface area contributed by atoms with Crippen LogP contribution in [-0.2, 0) is 0 Å². The summed E-state index contributed by atoms with van der Waals surface area (Å²) in [5.41, 5.74) is 5.88. The van der Waals surface area contributed by atoms with Gasteiger partial charge in [-0.25, -0.2) is 0 Å². The van der Waals surface area contributed by atoms with E-state index in [-0.39, 0.29) is 0 Å². The molecule has 0 bridgehead atoms. The molecule has 0 fully saturated rings. The van der Waals surface area contributed by atoms with Gasteiger partial charge < -0.3 is 11.1 Å². The highest BCUT2D eigenvalue weighted by molar-refractivity contribution is 4.85. The first kappa shape index (κ1) is 11.9. The lowest BCUT2D eigenvalue weighted by atomic mass is 9.76. The molecule has 0 aliphatic rings. The molecule has 0 saturated heterocycles. The van der Waals surface area contributed by atoms with Crippen molar-refractivity contribution >= 4 is 0 Å². The first-order valence-corrected chi connectivity index (χ1v) is 4.83. The van der Waals surface area contributed by atoms with Crippen LogP contribution in [-0.4, -0.2) is 19.6 Å². The van der Waals surface area contributed by atoms with Crippen molar-refractivity contribution in [3.63, 3.8) is 0 Å². The van der Waals surface area contributed by atoms with Crippen molar-refractivity contribution in [1.29, 1.82) is 0 Å². The monoisotopic (exact) mass is 172 g/mol. The van der Waals surface area contributed by atoms with Gasteiger partial charge in [0.25, 0.3) is 0 Å². The number of nitrogens with one attached hydrogen (secondary N) is 1. The van der Waals surface area contributed by atoms with Gasteiger partial charge in [-0.05, 0) is 31.3 Å². The predicted molar refractivity (Wildman–Crippen MR) is 55.1 cm³/mol. The van der Waals surface area contributed by atoms with E-state index >= 15 is 0 Å². The zero-order chi connectivity index (χ0) is 9.78. The van der Waals surface area contributed by atoms with Crippen LogP contribution in [0.5, 0.6) is 0 Å². The standard InChI is InChI=1S/C10H24N2/c1-8(2)9(12-5)10(3,4)6-7-11/h8-9,12H,6-7,11H2,1-5H3. The van der Waals surface area contributed by atoms with Crippen LogP contribution in [0.4, 0.5) is 0 Å². The third kappa shape index (κ3) is 3.11. The average molecular weight is 172 g/mol. The molecule has 2 heteroatoms. The molecule has 2 nitrogen and oxygen atoms in total. The van der Waals surface area contributed by atoms with E-state index in [4.69, 9.17) is 5.73 Å². The Hall–Kier alpha value is -0.0800. The summed E-state index contributed by atoms with van der Waals surface area (Å²) in [6, 6.07) is 0.557. The zero-order valence-corrected chi connectivity index (χ0v) is 9.15. The van der Waals surface area contributed by atoms with Crippen molar-refractivity contribution in [3.8, 4) is 0 Å².